The predicted molar refractivity (Wildman–Crippen MR) is 63.5 cm³/mol. The van der Waals surface area contributed by atoms with Gasteiger partial charge in [-0.05, 0) is 38.6 Å². The summed E-state index contributed by atoms with van der Waals surface area (Å²) in [6.45, 7) is 7.84. The molecular formula is C13H25N. The maximum absolute atomic E-state index is 3.45. The Kier molecular flexibility index (Phi) is 5.24. The zero-order valence-corrected chi connectivity index (χ0v) is 9.97. The van der Waals surface area contributed by atoms with Gasteiger partial charge in [-0.3, -0.25) is 0 Å². The molecule has 1 rings (SSSR count). The average Bonchev–Trinajstić information content (AvgIpc) is 2.64. The van der Waals surface area contributed by atoms with Crippen molar-refractivity contribution in [2.24, 2.45) is 5.92 Å². The zero-order chi connectivity index (χ0) is 10.4. The second kappa shape index (κ2) is 6.23. The second-order valence-electron chi connectivity index (χ2n) is 4.83. The van der Waals surface area contributed by atoms with Gasteiger partial charge in [0.1, 0.15) is 0 Å². The highest BCUT2D eigenvalue weighted by molar-refractivity contribution is 5.05. The van der Waals surface area contributed by atoms with Crippen molar-refractivity contribution < 1.29 is 0 Å². The van der Waals surface area contributed by atoms with Crippen LogP contribution in [-0.4, -0.2) is 12.6 Å². The highest BCUT2D eigenvalue weighted by atomic mass is 14.9. The molecule has 0 aromatic carbocycles. The number of rotatable bonds is 5. The lowest BCUT2D eigenvalue weighted by Crippen LogP contribution is -2.23. The van der Waals surface area contributed by atoms with Gasteiger partial charge in [0.25, 0.3) is 0 Å². The average molecular weight is 195 g/mol. The molecule has 1 nitrogen and oxygen atoms in total. The Morgan fingerprint density at radius 2 is 2.00 bits per heavy atom. The number of hydrogen-bond acceptors (Lipinski definition) is 1. The lowest BCUT2D eigenvalue weighted by atomic mass is 9.98. The first-order valence-corrected chi connectivity index (χ1v) is 6.10. The van der Waals surface area contributed by atoms with Gasteiger partial charge < -0.3 is 5.32 Å². The van der Waals surface area contributed by atoms with Crippen molar-refractivity contribution in [2.75, 3.05) is 6.54 Å². The lowest BCUT2D eigenvalue weighted by molar-refractivity contribution is 0.588. The molecule has 0 aliphatic heterocycles. The minimum Gasteiger partial charge on any atom is -0.314 e. The van der Waals surface area contributed by atoms with Crippen molar-refractivity contribution in [1.82, 2.24) is 5.32 Å². The normalized spacial score (nSPS) is 19.6. The minimum atomic E-state index is 0.621. The molecule has 0 radical (unpaired) electrons. The van der Waals surface area contributed by atoms with E-state index in [2.05, 4.69) is 32.2 Å². The molecular weight excluding hydrogens is 170 g/mol. The standard InChI is InChI=1S/C13H25N/c1-11(2)14-10-6-7-12(3)13-8-4-5-9-13/h7,11,13-14H,4-6,8-10H2,1-3H3. The minimum absolute atomic E-state index is 0.621. The first kappa shape index (κ1) is 11.8. The molecule has 0 aromatic rings. The van der Waals surface area contributed by atoms with E-state index in [1.807, 2.05) is 0 Å². The molecule has 0 heterocycles. The summed E-state index contributed by atoms with van der Waals surface area (Å²) in [5.74, 6) is 0.911. The number of nitrogens with one attached hydrogen (secondary N) is 1. The lowest BCUT2D eigenvalue weighted by Gasteiger charge is -2.10. The van der Waals surface area contributed by atoms with Crippen LogP contribution in [0.5, 0.6) is 0 Å². The zero-order valence-electron chi connectivity index (χ0n) is 9.97. The Hall–Kier alpha value is -0.300. The highest BCUT2D eigenvalue weighted by Gasteiger charge is 2.15. The molecule has 1 heteroatoms. The van der Waals surface area contributed by atoms with Crippen LogP contribution in [0.1, 0.15) is 52.9 Å². The summed E-state index contributed by atoms with van der Waals surface area (Å²) < 4.78 is 0. The van der Waals surface area contributed by atoms with Crippen LogP contribution in [0.2, 0.25) is 0 Å². The van der Waals surface area contributed by atoms with Crippen molar-refractivity contribution in [3.8, 4) is 0 Å². The molecule has 0 atom stereocenters. The van der Waals surface area contributed by atoms with E-state index in [1.54, 1.807) is 5.57 Å². The fraction of sp³-hybridized carbons (Fsp3) is 0.846. The molecule has 1 aliphatic rings. The Bertz CT molecular complexity index is 176. The third-order valence-electron chi connectivity index (χ3n) is 3.16. The Balaban J connectivity index is 2.15. The molecule has 0 amide bonds. The smallest absolute Gasteiger partial charge is 0.00105 e. The van der Waals surface area contributed by atoms with Gasteiger partial charge in [-0.1, -0.05) is 38.3 Å². The van der Waals surface area contributed by atoms with Crippen LogP contribution in [0, 0.1) is 5.92 Å². The van der Waals surface area contributed by atoms with Crippen LogP contribution >= 0.6 is 0 Å². The largest absolute Gasteiger partial charge is 0.314 e. The van der Waals surface area contributed by atoms with Crippen molar-refractivity contribution in [3.05, 3.63) is 11.6 Å². The Morgan fingerprint density at radius 3 is 2.57 bits per heavy atom. The van der Waals surface area contributed by atoms with Gasteiger partial charge in [-0.25, -0.2) is 0 Å². The van der Waals surface area contributed by atoms with Gasteiger partial charge in [0.15, 0.2) is 0 Å². The van der Waals surface area contributed by atoms with E-state index in [4.69, 9.17) is 0 Å². The molecule has 14 heavy (non-hydrogen) atoms. The highest BCUT2D eigenvalue weighted by Crippen LogP contribution is 2.30. The van der Waals surface area contributed by atoms with Gasteiger partial charge in [-0.15, -0.1) is 0 Å². The van der Waals surface area contributed by atoms with Crippen molar-refractivity contribution in [3.63, 3.8) is 0 Å². The SMILES string of the molecule is CC(=CCCNC(C)C)C1CCCC1. The van der Waals surface area contributed by atoms with Crippen LogP contribution in [-0.2, 0) is 0 Å². The van der Waals surface area contributed by atoms with E-state index in [9.17, 15) is 0 Å². The summed E-state index contributed by atoms with van der Waals surface area (Å²) in [4.78, 5) is 0. The maximum Gasteiger partial charge on any atom is 0.00105 e. The van der Waals surface area contributed by atoms with E-state index >= 15 is 0 Å². The van der Waals surface area contributed by atoms with E-state index in [0.717, 1.165) is 12.5 Å². The molecule has 82 valence electrons. The molecule has 0 spiro atoms. The van der Waals surface area contributed by atoms with Gasteiger partial charge in [-0.2, -0.15) is 0 Å². The molecule has 1 fully saturated rings. The maximum atomic E-state index is 3.45. The molecule has 1 aliphatic carbocycles. The first-order valence-electron chi connectivity index (χ1n) is 6.10. The van der Waals surface area contributed by atoms with Gasteiger partial charge in [0.05, 0.1) is 0 Å². The predicted octanol–water partition coefficient (Wildman–Crippen LogP) is 3.51. The van der Waals surface area contributed by atoms with Gasteiger partial charge >= 0.3 is 0 Å². The molecule has 1 saturated carbocycles. The fourth-order valence-corrected chi connectivity index (χ4v) is 2.22. The summed E-state index contributed by atoms with van der Waals surface area (Å²) in [7, 11) is 0. The molecule has 1 N–H and O–H groups in total. The van der Waals surface area contributed by atoms with Crippen LogP contribution in [0.4, 0.5) is 0 Å². The van der Waals surface area contributed by atoms with Crippen LogP contribution < -0.4 is 5.32 Å². The summed E-state index contributed by atoms with van der Waals surface area (Å²) in [5.41, 5.74) is 1.63. The summed E-state index contributed by atoms with van der Waals surface area (Å²) in [5, 5.41) is 3.45. The van der Waals surface area contributed by atoms with E-state index in [0.29, 0.717) is 6.04 Å². The summed E-state index contributed by atoms with van der Waals surface area (Å²) >= 11 is 0. The Labute approximate surface area is 89.0 Å². The number of hydrogen-bond donors (Lipinski definition) is 1. The van der Waals surface area contributed by atoms with Gasteiger partial charge in [0, 0.05) is 6.04 Å². The van der Waals surface area contributed by atoms with E-state index in [1.165, 1.54) is 32.1 Å². The monoisotopic (exact) mass is 195 g/mol. The topological polar surface area (TPSA) is 12.0 Å². The molecule has 0 unspecified atom stereocenters. The first-order chi connectivity index (χ1) is 6.70. The van der Waals surface area contributed by atoms with E-state index in [-0.39, 0.29) is 0 Å². The van der Waals surface area contributed by atoms with Crippen molar-refractivity contribution in [2.45, 2.75) is 58.9 Å². The van der Waals surface area contributed by atoms with Crippen molar-refractivity contribution >= 4 is 0 Å². The Morgan fingerprint density at radius 1 is 1.36 bits per heavy atom. The molecule has 0 aromatic heterocycles. The summed E-state index contributed by atoms with van der Waals surface area (Å²) in [6, 6.07) is 0.621. The molecule has 0 bridgehead atoms. The third-order valence-corrected chi connectivity index (χ3v) is 3.16. The van der Waals surface area contributed by atoms with Crippen LogP contribution in [0.15, 0.2) is 11.6 Å². The van der Waals surface area contributed by atoms with Crippen LogP contribution in [0.3, 0.4) is 0 Å². The second-order valence-corrected chi connectivity index (χ2v) is 4.83. The van der Waals surface area contributed by atoms with Gasteiger partial charge in [0.2, 0.25) is 0 Å². The fourth-order valence-electron chi connectivity index (χ4n) is 2.22. The number of allylic oxidation sites excluding steroid dienone is 1. The molecule has 0 saturated heterocycles. The van der Waals surface area contributed by atoms with Crippen LogP contribution in [0.25, 0.3) is 0 Å². The van der Waals surface area contributed by atoms with Crippen molar-refractivity contribution in [1.29, 1.82) is 0 Å². The van der Waals surface area contributed by atoms with E-state index < -0.39 is 0 Å². The summed E-state index contributed by atoms with van der Waals surface area (Å²) in [6.07, 6.45) is 9.38. The quantitative estimate of drug-likeness (QED) is 0.523. The third kappa shape index (κ3) is 4.28.